The van der Waals surface area contributed by atoms with Gasteiger partial charge in [0, 0.05) is 54.9 Å². The first kappa shape index (κ1) is 24.7. The highest BCUT2D eigenvalue weighted by Gasteiger charge is 2.26. The molecule has 4 aromatic rings. The Kier molecular flexibility index (Phi) is 7.31. The van der Waals surface area contributed by atoms with E-state index in [2.05, 4.69) is 15.2 Å². The van der Waals surface area contributed by atoms with Crippen LogP contribution in [-0.4, -0.2) is 87.2 Å². The van der Waals surface area contributed by atoms with Gasteiger partial charge in [0.15, 0.2) is 11.0 Å². The molecule has 3 heterocycles. The molecule has 192 valence electrons. The van der Waals surface area contributed by atoms with E-state index in [4.69, 9.17) is 9.47 Å². The molecule has 0 aliphatic carbocycles. The summed E-state index contributed by atoms with van der Waals surface area (Å²) in [5, 5.41) is 10.6. The van der Waals surface area contributed by atoms with Gasteiger partial charge < -0.3 is 24.3 Å². The summed E-state index contributed by atoms with van der Waals surface area (Å²) < 4.78 is 12.5. The molecule has 0 radical (unpaired) electrons. The predicted molar refractivity (Wildman–Crippen MR) is 141 cm³/mol. The average molecular weight is 521 g/mol. The van der Waals surface area contributed by atoms with E-state index in [9.17, 15) is 9.59 Å². The molecule has 2 aromatic carbocycles. The monoisotopic (exact) mass is 520 g/mol. The Balaban J connectivity index is 1.38. The van der Waals surface area contributed by atoms with Crippen LogP contribution in [0.25, 0.3) is 28.0 Å². The SMILES string of the molecule is CCOC(=O)N1CCN(C(=O)CSc2nnc(-c3c[nH]c4ccccc34)n2-c2cccc(OC)c2)CC1. The Morgan fingerprint density at radius 3 is 2.59 bits per heavy atom. The van der Waals surface area contributed by atoms with E-state index in [1.54, 1.807) is 23.8 Å². The van der Waals surface area contributed by atoms with Gasteiger partial charge in [-0.3, -0.25) is 9.36 Å². The summed E-state index contributed by atoms with van der Waals surface area (Å²) >= 11 is 1.34. The second-order valence-corrected chi connectivity index (χ2v) is 9.39. The van der Waals surface area contributed by atoms with Crippen LogP contribution in [0.3, 0.4) is 0 Å². The molecule has 1 N–H and O–H groups in total. The van der Waals surface area contributed by atoms with Crippen LogP contribution in [0.5, 0.6) is 5.75 Å². The largest absolute Gasteiger partial charge is 0.497 e. The van der Waals surface area contributed by atoms with E-state index in [1.165, 1.54) is 11.8 Å². The lowest BCUT2D eigenvalue weighted by atomic mass is 10.1. The maximum atomic E-state index is 13.0. The van der Waals surface area contributed by atoms with Crippen LogP contribution in [0.2, 0.25) is 0 Å². The molecular weight excluding hydrogens is 492 g/mol. The number of piperazine rings is 1. The van der Waals surface area contributed by atoms with Gasteiger partial charge in [-0.05, 0) is 25.1 Å². The fraction of sp³-hybridized carbons (Fsp3) is 0.308. The number of rotatable bonds is 7. The number of hydrogen-bond acceptors (Lipinski definition) is 7. The zero-order chi connectivity index (χ0) is 25.8. The third-order valence-electron chi connectivity index (χ3n) is 6.26. The Labute approximate surface area is 218 Å². The third-order valence-corrected chi connectivity index (χ3v) is 7.17. The maximum Gasteiger partial charge on any atom is 0.409 e. The molecule has 11 heteroatoms. The number of H-pyrrole nitrogens is 1. The number of thioether (sulfide) groups is 1. The molecule has 5 rings (SSSR count). The highest BCUT2D eigenvalue weighted by atomic mass is 32.2. The van der Waals surface area contributed by atoms with Gasteiger partial charge >= 0.3 is 6.09 Å². The second kappa shape index (κ2) is 11.0. The number of aromatic amines is 1. The summed E-state index contributed by atoms with van der Waals surface area (Å²) in [6, 6.07) is 15.7. The number of fused-ring (bicyclic) bond motifs is 1. The molecule has 1 aliphatic rings. The lowest BCUT2D eigenvalue weighted by molar-refractivity contribution is -0.129. The van der Waals surface area contributed by atoms with Crippen molar-refractivity contribution in [1.29, 1.82) is 0 Å². The predicted octanol–water partition coefficient (Wildman–Crippen LogP) is 3.82. The van der Waals surface area contributed by atoms with Crippen LogP contribution < -0.4 is 4.74 Å². The topological polar surface area (TPSA) is 106 Å². The van der Waals surface area contributed by atoms with Crippen LogP contribution in [0.4, 0.5) is 4.79 Å². The van der Waals surface area contributed by atoms with Crippen molar-refractivity contribution in [2.75, 3.05) is 45.6 Å². The highest BCUT2D eigenvalue weighted by molar-refractivity contribution is 7.99. The maximum absolute atomic E-state index is 13.0. The van der Waals surface area contributed by atoms with Gasteiger partial charge in [-0.1, -0.05) is 36.0 Å². The Morgan fingerprint density at radius 1 is 1.03 bits per heavy atom. The van der Waals surface area contributed by atoms with Crippen LogP contribution >= 0.6 is 11.8 Å². The number of para-hydroxylation sites is 1. The van der Waals surface area contributed by atoms with Crippen molar-refractivity contribution in [3.8, 4) is 22.8 Å². The van der Waals surface area contributed by atoms with Crippen molar-refractivity contribution >= 4 is 34.7 Å². The first-order valence-electron chi connectivity index (χ1n) is 12.1. The molecule has 0 spiro atoms. The van der Waals surface area contributed by atoms with Crippen LogP contribution in [-0.2, 0) is 9.53 Å². The third kappa shape index (κ3) is 5.12. The fourth-order valence-electron chi connectivity index (χ4n) is 4.35. The number of nitrogens with zero attached hydrogens (tertiary/aromatic N) is 5. The smallest absolute Gasteiger partial charge is 0.409 e. The zero-order valence-electron chi connectivity index (χ0n) is 20.7. The molecule has 0 unspecified atom stereocenters. The Bertz CT molecular complexity index is 1410. The number of nitrogens with one attached hydrogen (secondary N) is 1. The molecule has 2 aromatic heterocycles. The highest BCUT2D eigenvalue weighted by Crippen LogP contribution is 2.33. The quantitative estimate of drug-likeness (QED) is 0.369. The summed E-state index contributed by atoms with van der Waals surface area (Å²) in [6.45, 7) is 3.98. The van der Waals surface area contributed by atoms with E-state index < -0.39 is 0 Å². The van der Waals surface area contributed by atoms with E-state index in [-0.39, 0.29) is 17.8 Å². The van der Waals surface area contributed by atoms with Crippen LogP contribution in [0, 0.1) is 0 Å². The Hall–Kier alpha value is -3.99. The first-order chi connectivity index (χ1) is 18.1. The number of ether oxygens (including phenoxy) is 2. The lowest BCUT2D eigenvalue weighted by Crippen LogP contribution is -2.51. The minimum atomic E-state index is -0.333. The second-order valence-electron chi connectivity index (χ2n) is 8.45. The number of aromatic nitrogens is 4. The van der Waals surface area contributed by atoms with Gasteiger partial charge in [-0.25, -0.2) is 4.79 Å². The molecular formula is C26H28N6O4S. The number of carbonyl (C=O) groups excluding carboxylic acids is 2. The molecule has 37 heavy (non-hydrogen) atoms. The van der Waals surface area contributed by atoms with Gasteiger partial charge in [0.05, 0.1) is 25.2 Å². The number of carbonyl (C=O) groups is 2. The molecule has 0 bridgehead atoms. The summed E-state index contributed by atoms with van der Waals surface area (Å²) in [5.74, 6) is 1.57. The fourth-order valence-corrected chi connectivity index (χ4v) is 5.20. The summed E-state index contributed by atoms with van der Waals surface area (Å²) in [5.41, 5.74) is 2.76. The summed E-state index contributed by atoms with van der Waals surface area (Å²) in [4.78, 5) is 31.7. The molecule has 2 amide bonds. The average Bonchev–Trinajstić information content (AvgIpc) is 3.56. The minimum Gasteiger partial charge on any atom is -0.497 e. The van der Waals surface area contributed by atoms with Crippen molar-refractivity contribution < 1.29 is 19.1 Å². The van der Waals surface area contributed by atoms with Gasteiger partial charge in [-0.2, -0.15) is 0 Å². The van der Waals surface area contributed by atoms with E-state index in [0.29, 0.717) is 49.5 Å². The minimum absolute atomic E-state index is 0.0117. The van der Waals surface area contributed by atoms with Gasteiger partial charge in [0.25, 0.3) is 0 Å². The van der Waals surface area contributed by atoms with Crippen LogP contribution in [0.1, 0.15) is 6.92 Å². The number of benzene rings is 2. The van der Waals surface area contributed by atoms with Crippen molar-refractivity contribution in [2.24, 2.45) is 0 Å². The first-order valence-corrected chi connectivity index (χ1v) is 13.1. The van der Waals surface area contributed by atoms with E-state index >= 15 is 0 Å². The van der Waals surface area contributed by atoms with Crippen LogP contribution in [0.15, 0.2) is 59.9 Å². The van der Waals surface area contributed by atoms with Crippen molar-refractivity contribution in [1.82, 2.24) is 29.5 Å². The zero-order valence-corrected chi connectivity index (χ0v) is 21.5. The van der Waals surface area contributed by atoms with Gasteiger partial charge in [0.2, 0.25) is 5.91 Å². The summed E-state index contributed by atoms with van der Waals surface area (Å²) in [6.07, 6.45) is 1.59. The van der Waals surface area contributed by atoms with E-state index in [1.807, 2.05) is 59.3 Å². The van der Waals surface area contributed by atoms with Crippen molar-refractivity contribution in [3.05, 3.63) is 54.7 Å². The Morgan fingerprint density at radius 2 is 1.81 bits per heavy atom. The number of amides is 2. The molecule has 10 nitrogen and oxygen atoms in total. The molecule has 0 atom stereocenters. The standard InChI is InChI=1S/C26H28N6O4S/c1-3-36-26(34)31-13-11-30(12-14-31)23(33)17-37-25-29-28-24(21-16-27-22-10-5-4-9-20(21)22)32(25)18-7-6-8-19(15-18)35-2/h4-10,15-16,27H,3,11-14,17H2,1-2H3. The molecule has 1 saturated heterocycles. The lowest BCUT2D eigenvalue weighted by Gasteiger charge is -2.34. The summed E-state index contributed by atoms with van der Waals surface area (Å²) in [7, 11) is 1.63. The normalized spacial score (nSPS) is 13.7. The van der Waals surface area contributed by atoms with E-state index in [0.717, 1.165) is 22.2 Å². The van der Waals surface area contributed by atoms with Crippen molar-refractivity contribution in [3.63, 3.8) is 0 Å². The van der Waals surface area contributed by atoms with Gasteiger partial charge in [-0.15, -0.1) is 10.2 Å². The molecule has 1 aliphatic heterocycles. The molecule has 1 fully saturated rings. The molecule has 0 saturated carbocycles. The number of methoxy groups -OCH3 is 1. The van der Waals surface area contributed by atoms with Crippen molar-refractivity contribution in [2.45, 2.75) is 12.1 Å². The number of hydrogen-bond donors (Lipinski definition) is 1. The van der Waals surface area contributed by atoms with Gasteiger partial charge in [0.1, 0.15) is 5.75 Å².